The van der Waals surface area contributed by atoms with E-state index in [0.29, 0.717) is 6.54 Å². The van der Waals surface area contributed by atoms with Gasteiger partial charge in [0.05, 0.1) is 6.10 Å². The van der Waals surface area contributed by atoms with Gasteiger partial charge in [0.25, 0.3) is 0 Å². The van der Waals surface area contributed by atoms with Crippen molar-refractivity contribution in [2.45, 2.75) is 25.0 Å². The average molecular weight is 282 g/mol. The lowest BCUT2D eigenvalue weighted by Crippen LogP contribution is -2.48. The minimum absolute atomic E-state index is 0.0506. The molecular formula is C15H20F2N2O. The first kappa shape index (κ1) is 13.9. The summed E-state index contributed by atoms with van der Waals surface area (Å²) in [7, 11) is 0. The van der Waals surface area contributed by atoms with E-state index in [1.165, 1.54) is 12.8 Å². The number of nitrogens with zero attached hydrogens (tertiary/aromatic N) is 2. The molecule has 3 nitrogen and oxygen atoms in total. The van der Waals surface area contributed by atoms with Gasteiger partial charge >= 0.3 is 0 Å². The van der Waals surface area contributed by atoms with Gasteiger partial charge in [-0.1, -0.05) is 0 Å². The number of piperazine rings is 1. The van der Waals surface area contributed by atoms with Crippen LogP contribution in [0.25, 0.3) is 0 Å². The van der Waals surface area contributed by atoms with Gasteiger partial charge in [0.2, 0.25) is 0 Å². The van der Waals surface area contributed by atoms with Crippen LogP contribution in [0.5, 0.6) is 0 Å². The second-order valence-electron chi connectivity index (χ2n) is 5.75. The fraction of sp³-hybridized carbons (Fsp3) is 0.600. The lowest BCUT2D eigenvalue weighted by atomic mass is 10.1. The molecule has 1 heterocycles. The van der Waals surface area contributed by atoms with Crippen LogP contribution in [0.4, 0.5) is 8.78 Å². The molecule has 5 heteroatoms. The van der Waals surface area contributed by atoms with Crippen molar-refractivity contribution in [3.05, 3.63) is 35.4 Å². The summed E-state index contributed by atoms with van der Waals surface area (Å²) in [5, 5.41) is 10.1. The minimum atomic E-state index is -0.974. The molecule has 1 aromatic carbocycles. The molecule has 0 amide bonds. The number of rotatable bonds is 4. The Morgan fingerprint density at radius 1 is 1.15 bits per heavy atom. The van der Waals surface area contributed by atoms with E-state index < -0.39 is 17.7 Å². The largest absolute Gasteiger partial charge is 0.387 e. The highest BCUT2D eigenvalue weighted by atomic mass is 19.1. The molecule has 1 N–H and O–H groups in total. The van der Waals surface area contributed by atoms with Crippen LogP contribution in [-0.4, -0.2) is 53.7 Å². The number of hydrogen-bond donors (Lipinski definition) is 1. The van der Waals surface area contributed by atoms with Crippen LogP contribution in [0.3, 0.4) is 0 Å². The summed E-state index contributed by atoms with van der Waals surface area (Å²) in [6.07, 6.45) is 1.63. The van der Waals surface area contributed by atoms with E-state index in [4.69, 9.17) is 0 Å². The van der Waals surface area contributed by atoms with Gasteiger partial charge in [-0.05, 0) is 31.0 Å². The Balaban J connectivity index is 1.56. The highest BCUT2D eigenvalue weighted by Crippen LogP contribution is 2.28. The Kier molecular flexibility index (Phi) is 4.01. The summed E-state index contributed by atoms with van der Waals surface area (Å²) >= 11 is 0. The van der Waals surface area contributed by atoms with Crippen LogP contribution in [-0.2, 0) is 0 Å². The van der Waals surface area contributed by atoms with Crippen LogP contribution >= 0.6 is 0 Å². The normalized spacial score (nSPS) is 22.9. The van der Waals surface area contributed by atoms with Crippen molar-refractivity contribution in [3.63, 3.8) is 0 Å². The van der Waals surface area contributed by atoms with Crippen LogP contribution in [0.1, 0.15) is 24.5 Å². The van der Waals surface area contributed by atoms with Crippen molar-refractivity contribution in [1.29, 1.82) is 0 Å². The molecule has 0 spiro atoms. The second kappa shape index (κ2) is 5.76. The van der Waals surface area contributed by atoms with Gasteiger partial charge in [-0.25, -0.2) is 8.78 Å². The zero-order chi connectivity index (χ0) is 14.1. The van der Waals surface area contributed by atoms with Gasteiger partial charge in [0, 0.05) is 44.3 Å². The van der Waals surface area contributed by atoms with Gasteiger partial charge in [0.15, 0.2) is 0 Å². The van der Waals surface area contributed by atoms with E-state index in [-0.39, 0.29) is 5.56 Å². The Morgan fingerprint density at radius 2 is 1.85 bits per heavy atom. The fourth-order valence-corrected chi connectivity index (χ4v) is 2.86. The molecule has 1 unspecified atom stereocenters. The molecule has 2 fully saturated rings. The smallest absolute Gasteiger partial charge is 0.129 e. The van der Waals surface area contributed by atoms with E-state index in [9.17, 15) is 13.9 Å². The number of aliphatic hydroxyl groups excluding tert-OH is 1. The molecule has 110 valence electrons. The van der Waals surface area contributed by atoms with Gasteiger partial charge in [-0.15, -0.1) is 0 Å². The highest BCUT2D eigenvalue weighted by molar-refractivity contribution is 5.21. The predicted octanol–water partition coefficient (Wildman–Crippen LogP) is 1.78. The van der Waals surface area contributed by atoms with E-state index >= 15 is 0 Å². The predicted molar refractivity (Wildman–Crippen MR) is 72.4 cm³/mol. The van der Waals surface area contributed by atoms with Crippen LogP contribution < -0.4 is 0 Å². The molecular weight excluding hydrogens is 262 g/mol. The third-order valence-electron chi connectivity index (χ3n) is 4.22. The number of benzene rings is 1. The fourth-order valence-electron chi connectivity index (χ4n) is 2.86. The van der Waals surface area contributed by atoms with E-state index in [2.05, 4.69) is 9.80 Å². The molecule has 1 saturated heterocycles. The quantitative estimate of drug-likeness (QED) is 0.912. The first-order chi connectivity index (χ1) is 9.63. The van der Waals surface area contributed by atoms with Gasteiger partial charge in [-0.3, -0.25) is 9.80 Å². The molecule has 1 aliphatic heterocycles. The third-order valence-corrected chi connectivity index (χ3v) is 4.22. The standard InChI is InChI=1S/C15H20F2N2O/c16-11-1-4-14(17)13(9-11)15(20)10-18-5-7-19(8-6-18)12-2-3-12/h1,4,9,12,15,20H,2-3,5-8,10H2. The number of hydrogen-bond acceptors (Lipinski definition) is 3. The maximum absolute atomic E-state index is 13.6. The van der Waals surface area contributed by atoms with Gasteiger partial charge in [-0.2, -0.15) is 0 Å². The van der Waals surface area contributed by atoms with Gasteiger partial charge in [0.1, 0.15) is 11.6 Å². The summed E-state index contributed by atoms with van der Waals surface area (Å²) in [4.78, 5) is 4.60. The third kappa shape index (κ3) is 3.16. The Hall–Kier alpha value is -1.04. The molecule has 0 aromatic heterocycles. The zero-order valence-electron chi connectivity index (χ0n) is 11.4. The van der Waals surface area contributed by atoms with Crippen LogP contribution in [0, 0.1) is 11.6 Å². The Morgan fingerprint density at radius 3 is 2.50 bits per heavy atom. The Labute approximate surface area is 117 Å². The first-order valence-electron chi connectivity index (χ1n) is 7.23. The van der Waals surface area contributed by atoms with Crippen molar-refractivity contribution in [3.8, 4) is 0 Å². The average Bonchev–Trinajstić information content (AvgIpc) is 3.27. The van der Waals surface area contributed by atoms with Crippen molar-refractivity contribution in [2.75, 3.05) is 32.7 Å². The Bertz CT molecular complexity index is 471. The monoisotopic (exact) mass is 282 g/mol. The van der Waals surface area contributed by atoms with Crippen molar-refractivity contribution in [2.24, 2.45) is 0 Å². The van der Waals surface area contributed by atoms with Gasteiger partial charge < -0.3 is 5.11 Å². The molecule has 0 bridgehead atoms. The second-order valence-corrected chi connectivity index (χ2v) is 5.75. The molecule has 0 radical (unpaired) electrons. The number of aliphatic hydroxyl groups is 1. The SMILES string of the molecule is OC(CN1CCN(C2CC2)CC1)c1cc(F)ccc1F. The lowest BCUT2D eigenvalue weighted by Gasteiger charge is -2.35. The summed E-state index contributed by atoms with van der Waals surface area (Å²) in [6, 6.07) is 3.99. The van der Waals surface area contributed by atoms with Crippen LogP contribution in [0.15, 0.2) is 18.2 Å². The maximum atomic E-state index is 13.6. The van der Waals surface area contributed by atoms with E-state index in [0.717, 1.165) is 50.4 Å². The zero-order valence-corrected chi connectivity index (χ0v) is 11.4. The number of β-amino-alcohol motifs (C(OH)–C–C–N with tert-alkyl or cyclic N) is 1. The van der Waals surface area contributed by atoms with E-state index in [1.54, 1.807) is 0 Å². The summed E-state index contributed by atoms with van der Waals surface area (Å²) in [5.41, 5.74) is 0.0506. The van der Waals surface area contributed by atoms with Crippen molar-refractivity contribution in [1.82, 2.24) is 9.80 Å². The lowest BCUT2D eigenvalue weighted by molar-refractivity contribution is 0.0682. The molecule has 3 rings (SSSR count). The van der Waals surface area contributed by atoms with Crippen molar-refractivity contribution >= 4 is 0 Å². The minimum Gasteiger partial charge on any atom is -0.387 e. The molecule has 20 heavy (non-hydrogen) atoms. The highest BCUT2D eigenvalue weighted by Gasteiger charge is 2.31. The molecule has 2 aliphatic rings. The molecule has 1 atom stereocenters. The number of halogens is 2. The van der Waals surface area contributed by atoms with Crippen molar-refractivity contribution < 1.29 is 13.9 Å². The summed E-state index contributed by atoms with van der Waals surface area (Å²) in [5.74, 6) is -1.06. The summed E-state index contributed by atoms with van der Waals surface area (Å²) in [6.45, 7) is 4.12. The van der Waals surface area contributed by atoms with E-state index in [1.807, 2.05) is 0 Å². The maximum Gasteiger partial charge on any atom is 0.129 e. The molecule has 1 aliphatic carbocycles. The summed E-state index contributed by atoms with van der Waals surface area (Å²) < 4.78 is 26.7. The topological polar surface area (TPSA) is 26.7 Å². The molecule has 1 aromatic rings. The molecule has 1 saturated carbocycles. The first-order valence-corrected chi connectivity index (χ1v) is 7.23. The van der Waals surface area contributed by atoms with Crippen LogP contribution in [0.2, 0.25) is 0 Å².